The molecule has 0 spiro atoms. The Bertz CT molecular complexity index is 4620. The van der Waals surface area contributed by atoms with Crippen molar-refractivity contribution in [2.24, 2.45) is 0 Å². The summed E-state index contributed by atoms with van der Waals surface area (Å²) in [5.41, 5.74) is 24.4. The molecular formula is C78H66N4. The minimum Gasteiger partial charge on any atom is -0.309 e. The highest BCUT2D eigenvalue weighted by atomic mass is 15.2. The van der Waals surface area contributed by atoms with Crippen molar-refractivity contribution in [1.82, 2.24) is 8.80 Å². The van der Waals surface area contributed by atoms with Crippen LogP contribution in [0.5, 0.6) is 0 Å². The maximum absolute atomic E-state index is 2.57. The maximum Gasteiger partial charge on any atom is 0.0641 e. The minimum absolute atomic E-state index is 0.0168. The lowest BCUT2D eigenvalue weighted by atomic mass is 9.87. The van der Waals surface area contributed by atoms with E-state index in [1.54, 1.807) is 0 Å². The second kappa shape index (κ2) is 18.6. The Morgan fingerprint density at radius 2 is 0.683 bits per heavy atom. The van der Waals surface area contributed by atoms with Gasteiger partial charge in [-0.2, -0.15) is 0 Å². The lowest BCUT2D eigenvalue weighted by molar-refractivity contribution is 0.590. The highest BCUT2D eigenvalue weighted by molar-refractivity contribution is 6.32. The van der Waals surface area contributed by atoms with Gasteiger partial charge in [0.2, 0.25) is 0 Å². The number of anilines is 6. The van der Waals surface area contributed by atoms with E-state index in [0.717, 1.165) is 47.0 Å². The summed E-state index contributed by atoms with van der Waals surface area (Å²) in [4.78, 5) is 5.07. The highest BCUT2D eigenvalue weighted by Gasteiger charge is 2.30. The zero-order valence-corrected chi connectivity index (χ0v) is 48.1. The summed E-state index contributed by atoms with van der Waals surface area (Å²) >= 11 is 0. The molecule has 11 aromatic carbocycles. The maximum atomic E-state index is 2.57. The first-order valence-electron chi connectivity index (χ1n) is 29.4. The van der Waals surface area contributed by atoms with Crippen LogP contribution in [-0.4, -0.2) is 8.80 Å². The summed E-state index contributed by atoms with van der Waals surface area (Å²) in [6.45, 7) is 18.3. The molecular weight excluding hydrogens is 993 g/mol. The Morgan fingerprint density at radius 1 is 0.317 bits per heavy atom. The standard InChI is InChI=1S/C78H66N4/c1-9-49-29-41-67(61(45-49)51-21-13-11-14-22-51)79(55-35-31-53(32-36-55)77(3,4)5)69-43-39-57-63-47-72-64(48-71(63)81-65-27-19-17-25-59(65)73(69)75(57)81)58-40-44-70(74-60-26-18-20-28-66(60)82(72)76(58)74)80(56-37-33-54(34-38-56)78(6,7)8)68-42-30-50(10-2)46-62(68)52-23-15-12-16-24-52/h11-48H,9-10H2,1-8H3. The van der Waals surface area contributed by atoms with Gasteiger partial charge in [0.15, 0.2) is 0 Å². The van der Waals surface area contributed by atoms with Crippen LogP contribution in [0.25, 0.3) is 98.4 Å². The van der Waals surface area contributed by atoms with Crippen molar-refractivity contribution in [3.8, 4) is 22.3 Å². The van der Waals surface area contributed by atoms with Crippen molar-refractivity contribution in [2.45, 2.75) is 79.1 Å². The van der Waals surface area contributed by atoms with E-state index in [2.05, 4.69) is 305 Å². The molecule has 15 aromatic rings. The van der Waals surface area contributed by atoms with Gasteiger partial charge in [0.1, 0.15) is 0 Å². The van der Waals surface area contributed by atoms with Gasteiger partial charge in [0.25, 0.3) is 0 Å². The SMILES string of the molecule is CCc1ccc(N(c2ccc(C(C)(C)C)cc2)c2ccc3c4cc5c(cc4n4c6ccccc6c2c34)c2ccc(N(c3ccc(C(C)(C)C)cc3)c3ccc(CC)cc3-c3ccccc3)c3c4ccccc4n5c23)c(-c2ccccc2)c1. The van der Waals surface area contributed by atoms with Crippen LogP contribution in [0.2, 0.25) is 0 Å². The number of nitrogens with zero attached hydrogens (tertiary/aromatic N) is 4. The van der Waals surface area contributed by atoms with Crippen molar-refractivity contribution >= 4 is 110 Å². The van der Waals surface area contributed by atoms with Gasteiger partial charge in [-0.3, -0.25) is 0 Å². The Hall–Kier alpha value is -9.38. The molecule has 398 valence electrons. The van der Waals surface area contributed by atoms with Gasteiger partial charge < -0.3 is 18.6 Å². The predicted molar refractivity (Wildman–Crippen MR) is 352 cm³/mol. The molecule has 4 heteroatoms. The van der Waals surface area contributed by atoms with E-state index >= 15 is 0 Å². The molecule has 0 bridgehead atoms. The fourth-order valence-corrected chi connectivity index (χ4v) is 13.6. The van der Waals surface area contributed by atoms with E-state index in [0.29, 0.717) is 0 Å². The zero-order valence-electron chi connectivity index (χ0n) is 48.1. The normalized spacial score (nSPS) is 12.5. The quantitative estimate of drug-likeness (QED) is 0.136. The fraction of sp³-hybridized carbons (Fsp3) is 0.154. The molecule has 0 saturated carbocycles. The molecule has 0 saturated heterocycles. The van der Waals surface area contributed by atoms with Crippen molar-refractivity contribution in [3.63, 3.8) is 0 Å². The van der Waals surface area contributed by atoms with Crippen molar-refractivity contribution < 1.29 is 0 Å². The van der Waals surface area contributed by atoms with E-state index < -0.39 is 0 Å². The summed E-state index contributed by atoms with van der Waals surface area (Å²) in [7, 11) is 0. The lowest BCUT2D eigenvalue weighted by Gasteiger charge is -2.30. The second-order valence-electron chi connectivity index (χ2n) is 24.7. The third kappa shape index (κ3) is 7.57. The highest BCUT2D eigenvalue weighted by Crippen LogP contribution is 2.53. The summed E-state index contributed by atoms with van der Waals surface area (Å²) in [6, 6.07) is 87.4. The zero-order chi connectivity index (χ0) is 55.8. The van der Waals surface area contributed by atoms with E-state index in [4.69, 9.17) is 0 Å². The van der Waals surface area contributed by atoms with Gasteiger partial charge >= 0.3 is 0 Å². The molecule has 4 aromatic heterocycles. The summed E-state index contributed by atoms with van der Waals surface area (Å²) in [5.74, 6) is 0. The van der Waals surface area contributed by atoms with Crippen molar-refractivity contribution in [3.05, 3.63) is 253 Å². The predicted octanol–water partition coefficient (Wildman–Crippen LogP) is 22.0. The Balaban J connectivity index is 1.00. The number of benzene rings is 11. The van der Waals surface area contributed by atoms with E-state index in [-0.39, 0.29) is 10.8 Å². The van der Waals surface area contributed by atoms with Crippen LogP contribution in [0.3, 0.4) is 0 Å². The van der Waals surface area contributed by atoms with Crippen molar-refractivity contribution in [2.75, 3.05) is 9.80 Å². The van der Waals surface area contributed by atoms with Gasteiger partial charge in [-0.05, 0) is 142 Å². The largest absolute Gasteiger partial charge is 0.309 e. The molecule has 0 amide bonds. The smallest absolute Gasteiger partial charge is 0.0641 e. The van der Waals surface area contributed by atoms with Crippen LogP contribution in [-0.2, 0) is 23.7 Å². The van der Waals surface area contributed by atoms with Gasteiger partial charge in [-0.15, -0.1) is 0 Å². The molecule has 0 aliphatic rings. The molecule has 4 nitrogen and oxygen atoms in total. The van der Waals surface area contributed by atoms with Crippen LogP contribution in [0.1, 0.15) is 77.6 Å². The number of para-hydroxylation sites is 2. The molecule has 0 radical (unpaired) electrons. The van der Waals surface area contributed by atoms with E-state index in [1.165, 1.54) is 121 Å². The Labute approximate surface area is 480 Å². The summed E-state index contributed by atoms with van der Waals surface area (Å²) in [5, 5.41) is 9.97. The first-order valence-corrected chi connectivity index (χ1v) is 29.4. The monoisotopic (exact) mass is 1060 g/mol. The van der Waals surface area contributed by atoms with Gasteiger partial charge in [-0.25, -0.2) is 0 Å². The average molecular weight is 1060 g/mol. The number of hydrogen-bond donors (Lipinski definition) is 0. The Kier molecular flexibility index (Phi) is 11.3. The molecule has 0 unspecified atom stereocenters. The van der Waals surface area contributed by atoms with Crippen LogP contribution < -0.4 is 9.80 Å². The number of rotatable bonds is 10. The molecule has 0 atom stereocenters. The molecule has 0 N–H and O–H groups in total. The van der Waals surface area contributed by atoms with Crippen LogP contribution in [0.15, 0.2) is 231 Å². The first-order chi connectivity index (χ1) is 39.9. The Morgan fingerprint density at radius 3 is 1.06 bits per heavy atom. The van der Waals surface area contributed by atoms with E-state index in [9.17, 15) is 0 Å². The van der Waals surface area contributed by atoms with Crippen LogP contribution in [0.4, 0.5) is 34.1 Å². The average Bonchev–Trinajstić information content (AvgIpc) is 2.28. The molecule has 4 heterocycles. The summed E-state index contributed by atoms with van der Waals surface area (Å²) < 4.78 is 5.15. The first kappa shape index (κ1) is 49.6. The number of hydrogen-bond acceptors (Lipinski definition) is 2. The van der Waals surface area contributed by atoms with Gasteiger partial charge in [0.05, 0.1) is 55.8 Å². The number of aryl methyl sites for hydroxylation is 2. The van der Waals surface area contributed by atoms with Crippen LogP contribution in [0, 0.1) is 0 Å². The van der Waals surface area contributed by atoms with Gasteiger partial charge in [-0.1, -0.05) is 201 Å². The van der Waals surface area contributed by atoms with E-state index in [1.807, 2.05) is 0 Å². The topological polar surface area (TPSA) is 15.3 Å². The number of fused-ring (bicyclic) bond motifs is 12. The number of aromatic nitrogens is 2. The third-order valence-corrected chi connectivity index (χ3v) is 17.8. The minimum atomic E-state index is 0.0168. The molecule has 0 fully saturated rings. The third-order valence-electron chi connectivity index (χ3n) is 17.8. The fourth-order valence-electron chi connectivity index (χ4n) is 13.6. The molecule has 15 rings (SSSR count). The molecule has 0 aliphatic heterocycles. The lowest BCUT2D eigenvalue weighted by Crippen LogP contribution is -2.14. The van der Waals surface area contributed by atoms with Crippen molar-refractivity contribution in [1.29, 1.82) is 0 Å². The molecule has 0 aliphatic carbocycles. The second-order valence-corrected chi connectivity index (χ2v) is 24.7. The van der Waals surface area contributed by atoms with Crippen LogP contribution >= 0.6 is 0 Å². The summed E-state index contributed by atoms with van der Waals surface area (Å²) in [6.07, 6.45) is 1.91. The van der Waals surface area contributed by atoms with Gasteiger partial charge in [0, 0.05) is 65.6 Å². The molecule has 82 heavy (non-hydrogen) atoms.